The van der Waals surface area contributed by atoms with Crippen molar-refractivity contribution in [2.45, 2.75) is 6.04 Å². The van der Waals surface area contributed by atoms with Gasteiger partial charge in [-0.15, -0.1) is 0 Å². The number of nitrogens with two attached hydrogens (primary N) is 1. The van der Waals surface area contributed by atoms with E-state index >= 15 is 0 Å². The molecule has 1 unspecified atom stereocenters. The number of likely N-dealkylation sites (N-methyl/N-ethyl adjacent to an activating group) is 1. The van der Waals surface area contributed by atoms with Gasteiger partial charge in [0, 0.05) is 7.05 Å². The van der Waals surface area contributed by atoms with Crippen LogP contribution in [0.4, 0.5) is 0 Å². The Hall–Kier alpha value is -1.91. The molecular weight excluding hydrogens is 218 g/mol. The molecule has 2 N–H and O–H groups in total. The lowest BCUT2D eigenvalue weighted by Gasteiger charge is -2.24. The maximum absolute atomic E-state index is 5.76. The minimum Gasteiger partial charge on any atom is -0.486 e. The molecule has 1 aromatic carbocycles. The topological polar surface area (TPSA) is 60.1 Å². The third kappa shape index (κ3) is 1.67. The highest BCUT2D eigenvalue weighted by molar-refractivity contribution is 5.80. The van der Waals surface area contributed by atoms with Crippen LogP contribution in [0.3, 0.4) is 0 Å². The van der Waals surface area contributed by atoms with Gasteiger partial charge < -0.3 is 20.1 Å². The number of benzene rings is 1. The summed E-state index contributed by atoms with van der Waals surface area (Å²) in [7, 11) is 1.95. The summed E-state index contributed by atoms with van der Waals surface area (Å²) < 4.78 is 11.1. The zero-order valence-corrected chi connectivity index (χ0v) is 9.72. The van der Waals surface area contributed by atoms with E-state index in [0.29, 0.717) is 25.7 Å². The van der Waals surface area contributed by atoms with E-state index in [-0.39, 0.29) is 6.04 Å². The van der Waals surface area contributed by atoms with Gasteiger partial charge in [0.1, 0.15) is 13.2 Å². The van der Waals surface area contributed by atoms with Gasteiger partial charge in [-0.2, -0.15) is 0 Å². The number of aliphatic imine (C=N–C) groups is 1. The van der Waals surface area contributed by atoms with Crippen molar-refractivity contribution in [3.05, 3.63) is 23.8 Å². The first kappa shape index (κ1) is 10.3. The number of ether oxygens (including phenoxy) is 2. The molecule has 0 spiro atoms. The summed E-state index contributed by atoms with van der Waals surface area (Å²) in [5, 5.41) is 0. The number of hydrogen-bond acceptors (Lipinski definition) is 5. The fraction of sp³-hybridized carbons (Fsp3) is 0.417. The minimum atomic E-state index is 0.200. The predicted molar refractivity (Wildman–Crippen MR) is 64.4 cm³/mol. The van der Waals surface area contributed by atoms with Gasteiger partial charge in [0.25, 0.3) is 0 Å². The van der Waals surface area contributed by atoms with Gasteiger partial charge >= 0.3 is 0 Å². The molecule has 17 heavy (non-hydrogen) atoms. The zero-order valence-electron chi connectivity index (χ0n) is 9.72. The average molecular weight is 233 g/mol. The number of nitrogens with zero attached hydrogens (tertiary/aromatic N) is 2. The quantitative estimate of drug-likeness (QED) is 0.778. The summed E-state index contributed by atoms with van der Waals surface area (Å²) in [5.41, 5.74) is 6.92. The Morgan fingerprint density at radius 1 is 1.29 bits per heavy atom. The normalized spacial score (nSPS) is 22.5. The Kier molecular flexibility index (Phi) is 2.31. The van der Waals surface area contributed by atoms with Crippen LogP contribution in [0.25, 0.3) is 0 Å². The van der Waals surface area contributed by atoms with Gasteiger partial charge in [-0.25, -0.2) is 0 Å². The van der Waals surface area contributed by atoms with Crippen molar-refractivity contribution in [3.8, 4) is 11.5 Å². The number of fused-ring (bicyclic) bond motifs is 1. The first-order valence-corrected chi connectivity index (χ1v) is 5.68. The smallest absolute Gasteiger partial charge is 0.191 e. The van der Waals surface area contributed by atoms with Crippen LogP contribution in [0.5, 0.6) is 11.5 Å². The van der Waals surface area contributed by atoms with Crippen molar-refractivity contribution in [2.75, 3.05) is 26.8 Å². The maximum Gasteiger partial charge on any atom is 0.191 e. The van der Waals surface area contributed by atoms with E-state index in [2.05, 4.69) is 4.99 Å². The van der Waals surface area contributed by atoms with Crippen LogP contribution in [0.2, 0.25) is 0 Å². The van der Waals surface area contributed by atoms with Crippen molar-refractivity contribution in [1.82, 2.24) is 4.90 Å². The largest absolute Gasteiger partial charge is 0.486 e. The van der Waals surface area contributed by atoms with Crippen LogP contribution in [-0.2, 0) is 0 Å². The molecular formula is C12H15N3O2. The third-order valence-corrected chi connectivity index (χ3v) is 3.21. The Morgan fingerprint density at radius 3 is 2.76 bits per heavy atom. The van der Waals surface area contributed by atoms with Crippen LogP contribution in [0.15, 0.2) is 23.2 Å². The van der Waals surface area contributed by atoms with Crippen LogP contribution >= 0.6 is 0 Å². The zero-order chi connectivity index (χ0) is 11.8. The van der Waals surface area contributed by atoms with Crippen LogP contribution in [0, 0.1) is 0 Å². The Labute approximate surface area is 99.8 Å². The fourth-order valence-electron chi connectivity index (χ4n) is 2.17. The molecule has 2 heterocycles. The van der Waals surface area contributed by atoms with Crippen LogP contribution in [-0.4, -0.2) is 37.7 Å². The van der Waals surface area contributed by atoms with Crippen molar-refractivity contribution in [2.24, 2.45) is 10.7 Å². The van der Waals surface area contributed by atoms with E-state index in [1.54, 1.807) is 0 Å². The van der Waals surface area contributed by atoms with Gasteiger partial charge in [0.05, 0.1) is 12.6 Å². The minimum absolute atomic E-state index is 0.200. The monoisotopic (exact) mass is 233 g/mol. The van der Waals surface area contributed by atoms with E-state index in [1.165, 1.54) is 0 Å². The SMILES string of the molecule is CN1C(N)=NCC1c1ccc2c(c1)OCCO2. The van der Waals surface area contributed by atoms with E-state index in [0.717, 1.165) is 17.1 Å². The molecule has 2 aliphatic rings. The van der Waals surface area contributed by atoms with Crippen molar-refractivity contribution in [3.63, 3.8) is 0 Å². The molecule has 0 aliphatic carbocycles. The Bertz CT molecular complexity index is 473. The van der Waals surface area contributed by atoms with Gasteiger partial charge in [0.2, 0.25) is 0 Å². The summed E-state index contributed by atoms with van der Waals surface area (Å²) in [6.07, 6.45) is 0. The number of rotatable bonds is 1. The standard InChI is InChI=1S/C12H15N3O2/c1-15-9(7-14-12(15)13)8-2-3-10-11(6-8)17-5-4-16-10/h2-3,6,9H,4-5,7H2,1H3,(H2,13,14). The molecule has 1 aromatic rings. The van der Waals surface area contributed by atoms with Crippen molar-refractivity contribution >= 4 is 5.96 Å². The molecule has 0 saturated heterocycles. The summed E-state index contributed by atoms with van der Waals surface area (Å²) in [4.78, 5) is 6.21. The van der Waals surface area contributed by atoms with Gasteiger partial charge in [0.15, 0.2) is 17.5 Å². The molecule has 0 aromatic heterocycles. The average Bonchev–Trinajstić information content (AvgIpc) is 2.70. The first-order valence-electron chi connectivity index (χ1n) is 5.68. The highest BCUT2D eigenvalue weighted by atomic mass is 16.6. The van der Waals surface area contributed by atoms with E-state index in [1.807, 2.05) is 30.1 Å². The molecule has 0 bridgehead atoms. The second kappa shape index (κ2) is 3.84. The molecule has 1 atom stereocenters. The summed E-state index contributed by atoms with van der Waals surface area (Å²) >= 11 is 0. The highest BCUT2D eigenvalue weighted by Gasteiger charge is 2.25. The highest BCUT2D eigenvalue weighted by Crippen LogP contribution is 2.34. The maximum atomic E-state index is 5.76. The lowest BCUT2D eigenvalue weighted by atomic mass is 10.1. The van der Waals surface area contributed by atoms with E-state index < -0.39 is 0 Å². The second-order valence-electron chi connectivity index (χ2n) is 4.23. The summed E-state index contributed by atoms with van der Waals surface area (Å²) in [6, 6.07) is 6.21. The van der Waals surface area contributed by atoms with E-state index in [9.17, 15) is 0 Å². The van der Waals surface area contributed by atoms with Crippen molar-refractivity contribution in [1.29, 1.82) is 0 Å². The summed E-state index contributed by atoms with van der Waals surface area (Å²) in [6.45, 7) is 1.92. The van der Waals surface area contributed by atoms with E-state index in [4.69, 9.17) is 15.2 Å². The Morgan fingerprint density at radius 2 is 2.06 bits per heavy atom. The molecule has 5 heteroatoms. The predicted octanol–water partition coefficient (Wildman–Crippen LogP) is 0.759. The molecule has 0 radical (unpaired) electrons. The summed E-state index contributed by atoms with van der Waals surface area (Å²) in [5.74, 6) is 2.21. The molecule has 90 valence electrons. The lowest BCUT2D eigenvalue weighted by molar-refractivity contribution is 0.171. The third-order valence-electron chi connectivity index (χ3n) is 3.21. The molecule has 2 aliphatic heterocycles. The van der Waals surface area contributed by atoms with Crippen LogP contribution in [0.1, 0.15) is 11.6 Å². The molecule has 0 fully saturated rings. The van der Waals surface area contributed by atoms with Gasteiger partial charge in [-0.1, -0.05) is 6.07 Å². The van der Waals surface area contributed by atoms with Crippen LogP contribution < -0.4 is 15.2 Å². The lowest BCUT2D eigenvalue weighted by Crippen LogP contribution is -2.32. The Balaban J connectivity index is 1.89. The van der Waals surface area contributed by atoms with Crippen molar-refractivity contribution < 1.29 is 9.47 Å². The molecule has 3 rings (SSSR count). The molecule has 0 amide bonds. The molecule has 0 saturated carbocycles. The first-order chi connectivity index (χ1) is 8.25. The number of guanidine groups is 1. The second-order valence-corrected chi connectivity index (χ2v) is 4.23. The van der Waals surface area contributed by atoms with Gasteiger partial charge in [-0.3, -0.25) is 4.99 Å². The number of hydrogen-bond donors (Lipinski definition) is 1. The van der Waals surface area contributed by atoms with Gasteiger partial charge in [-0.05, 0) is 17.7 Å². The molecule has 5 nitrogen and oxygen atoms in total. The fourth-order valence-corrected chi connectivity index (χ4v) is 2.17.